The van der Waals surface area contributed by atoms with Crippen LogP contribution in [-0.2, 0) is 0 Å². The van der Waals surface area contributed by atoms with Crippen molar-refractivity contribution >= 4 is 0 Å². The molecule has 0 atom stereocenters. The summed E-state index contributed by atoms with van der Waals surface area (Å²) in [5, 5.41) is 2.83. The minimum atomic E-state index is 0.605. The maximum Gasteiger partial charge on any atom is 0.0967 e. The number of quaternary nitrogens is 1. The van der Waals surface area contributed by atoms with Crippen molar-refractivity contribution in [3.8, 4) is 0 Å². The van der Waals surface area contributed by atoms with E-state index in [1.165, 1.54) is 64.2 Å². The SMILES string of the molecule is CCCC1(CCC)CCC(CCC)(CCC)[NH2+]1. The molecule has 1 nitrogen and oxygen atoms in total. The minimum absolute atomic E-state index is 0.605. The predicted molar refractivity (Wildman–Crippen MR) is 76.3 cm³/mol. The van der Waals surface area contributed by atoms with Gasteiger partial charge >= 0.3 is 0 Å². The van der Waals surface area contributed by atoms with Gasteiger partial charge in [0.2, 0.25) is 0 Å². The summed E-state index contributed by atoms with van der Waals surface area (Å²) in [7, 11) is 0. The smallest absolute Gasteiger partial charge is 0.0967 e. The normalized spacial score (nSPS) is 21.9. The molecule has 0 amide bonds. The van der Waals surface area contributed by atoms with Crippen LogP contribution >= 0.6 is 0 Å². The van der Waals surface area contributed by atoms with Gasteiger partial charge in [-0.2, -0.15) is 0 Å². The zero-order chi connectivity index (χ0) is 12.8. The first kappa shape index (κ1) is 15.0. The average molecular weight is 240 g/mol. The molecule has 0 radical (unpaired) electrons. The van der Waals surface area contributed by atoms with Crippen molar-refractivity contribution in [3.05, 3.63) is 0 Å². The van der Waals surface area contributed by atoms with Crippen LogP contribution in [0, 0.1) is 0 Å². The van der Waals surface area contributed by atoms with Gasteiger partial charge in [-0.15, -0.1) is 0 Å². The predicted octanol–water partition coefficient (Wildman–Crippen LogP) is 4.02. The Balaban J connectivity index is 2.72. The van der Waals surface area contributed by atoms with Crippen molar-refractivity contribution in [2.24, 2.45) is 0 Å². The Morgan fingerprint density at radius 3 is 1.18 bits per heavy atom. The maximum atomic E-state index is 2.83. The lowest BCUT2D eigenvalue weighted by molar-refractivity contribution is -0.771. The van der Waals surface area contributed by atoms with Crippen molar-refractivity contribution < 1.29 is 5.32 Å². The maximum absolute atomic E-state index is 2.83. The van der Waals surface area contributed by atoms with Crippen LogP contribution in [0.25, 0.3) is 0 Å². The highest BCUT2D eigenvalue weighted by Crippen LogP contribution is 2.35. The second-order valence-corrected chi connectivity index (χ2v) is 6.37. The molecule has 1 fully saturated rings. The van der Waals surface area contributed by atoms with Crippen LogP contribution in [0.1, 0.15) is 91.9 Å². The molecule has 1 aliphatic rings. The molecular weight excluding hydrogens is 206 g/mol. The number of hydrogen-bond acceptors (Lipinski definition) is 0. The van der Waals surface area contributed by atoms with E-state index in [2.05, 4.69) is 33.0 Å². The van der Waals surface area contributed by atoms with E-state index in [9.17, 15) is 0 Å². The van der Waals surface area contributed by atoms with E-state index < -0.39 is 0 Å². The lowest BCUT2D eigenvalue weighted by Gasteiger charge is -2.33. The molecule has 0 aromatic heterocycles. The van der Waals surface area contributed by atoms with Crippen LogP contribution in [0.5, 0.6) is 0 Å². The summed E-state index contributed by atoms with van der Waals surface area (Å²) in [5.41, 5.74) is 1.21. The molecule has 2 N–H and O–H groups in total. The Labute approximate surface area is 109 Å². The Morgan fingerprint density at radius 1 is 0.647 bits per heavy atom. The van der Waals surface area contributed by atoms with Crippen molar-refractivity contribution in [1.82, 2.24) is 0 Å². The third-order valence-corrected chi connectivity index (χ3v) is 4.72. The Hall–Kier alpha value is -0.0400. The average Bonchev–Trinajstić information content (AvgIpc) is 2.60. The zero-order valence-corrected chi connectivity index (χ0v) is 12.6. The first-order valence-electron chi connectivity index (χ1n) is 8.03. The van der Waals surface area contributed by atoms with E-state index in [0.29, 0.717) is 11.1 Å². The fourth-order valence-electron chi connectivity index (χ4n) is 4.32. The second kappa shape index (κ2) is 6.78. The standard InChI is InChI=1S/C16H33N/c1-5-9-15(10-6-2)13-14-16(17-15,11-7-3)12-8-4/h17H,5-14H2,1-4H3/p+1. The minimum Gasteiger partial charge on any atom is -0.337 e. The summed E-state index contributed by atoms with van der Waals surface area (Å²) in [4.78, 5) is 0. The molecule has 1 saturated heterocycles. The Morgan fingerprint density at radius 2 is 0.941 bits per heavy atom. The van der Waals surface area contributed by atoms with Gasteiger partial charge in [0, 0.05) is 38.5 Å². The first-order chi connectivity index (χ1) is 8.16. The number of nitrogens with two attached hydrogens (primary N) is 1. The molecule has 0 spiro atoms. The van der Waals surface area contributed by atoms with Crippen LogP contribution in [0.4, 0.5) is 0 Å². The van der Waals surface area contributed by atoms with Gasteiger partial charge in [0.05, 0.1) is 11.1 Å². The monoisotopic (exact) mass is 240 g/mol. The first-order valence-corrected chi connectivity index (χ1v) is 8.03. The van der Waals surface area contributed by atoms with E-state index in [-0.39, 0.29) is 0 Å². The molecule has 17 heavy (non-hydrogen) atoms. The fourth-order valence-corrected chi connectivity index (χ4v) is 4.32. The van der Waals surface area contributed by atoms with Gasteiger partial charge in [-0.05, 0) is 0 Å². The third kappa shape index (κ3) is 3.71. The zero-order valence-electron chi connectivity index (χ0n) is 12.6. The summed E-state index contributed by atoms with van der Waals surface area (Å²) in [5.74, 6) is 0. The van der Waals surface area contributed by atoms with Gasteiger partial charge in [0.15, 0.2) is 0 Å². The van der Waals surface area contributed by atoms with Crippen molar-refractivity contribution in [1.29, 1.82) is 0 Å². The molecule has 0 bridgehead atoms. The largest absolute Gasteiger partial charge is 0.337 e. The summed E-state index contributed by atoms with van der Waals surface area (Å²) in [6.45, 7) is 9.41. The molecule has 0 saturated carbocycles. The van der Waals surface area contributed by atoms with Crippen molar-refractivity contribution in [2.75, 3.05) is 0 Å². The van der Waals surface area contributed by atoms with Gasteiger partial charge in [0.25, 0.3) is 0 Å². The highest BCUT2D eigenvalue weighted by molar-refractivity contribution is 4.91. The lowest BCUT2D eigenvalue weighted by Crippen LogP contribution is -3.02. The molecule has 0 unspecified atom stereocenters. The van der Waals surface area contributed by atoms with Gasteiger partial charge in [-0.1, -0.05) is 53.4 Å². The summed E-state index contributed by atoms with van der Waals surface area (Å²) >= 11 is 0. The van der Waals surface area contributed by atoms with Crippen molar-refractivity contribution in [3.63, 3.8) is 0 Å². The lowest BCUT2D eigenvalue weighted by atomic mass is 9.86. The summed E-state index contributed by atoms with van der Waals surface area (Å²) < 4.78 is 0. The van der Waals surface area contributed by atoms with E-state index >= 15 is 0 Å². The highest BCUT2D eigenvalue weighted by atomic mass is 15.1. The van der Waals surface area contributed by atoms with Gasteiger partial charge in [-0.3, -0.25) is 0 Å². The number of hydrogen-bond donors (Lipinski definition) is 1. The molecule has 0 aliphatic carbocycles. The molecular formula is C16H34N+. The molecule has 102 valence electrons. The van der Waals surface area contributed by atoms with Crippen LogP contribution in [-0.4, -0.2) is 11.1 Å². The van der Waals surface area contributed by atoms with Crippen LogP contribution in [0.2, 0.25) is 0 Å². The van der Waals surface area contributed by atoms with Crippen LogP contribution < -0.4 is 5.32 Å². The fraction of sp³-hybridized carbons (Fsp3) is 1.00. The van der Waals surface area contributed by atoms with Crippen LogP contribution in [0.3, 0.4) is 0 Å². The number of rotatable bonds is 8. The second-order valence-electron chi connectivity index (χ2n) is 6.37. The molecule has 1 aliphatic heterocycles. The van der Waals surface area contributed by atoms with E-state index in [1.54, 1.807) is 0 Å². The quantitative estimate of drug-likeness (QED) is 0.660. The summed E-state index contributed by atoms with van der Waals surface area (Å²) in [6.07, 6.45) is 14.0. The Bertz CT molecular complexity index is 176. The van der Waals surface area contributed by atoms with Crippen molar-refractivity contribution in [2.45, 2.75) is 103 Å². The van der Waals surface area contributed by atoms with E-state index in [4.69, 9.17) is 0 Å². The molecule has 1 rings (SSSR count). The van der Waals surface area contributed by atoms with Crippen LogP contribution in [0.15, 0.2) is 0 Å². The third-order valence-electron chi connectivity index (χ3n) is 4.72. The molecule has 0 aromatic rings. The van der Waals surface area contributed by atoms with Gasteiger partial charge in [0.1, 0.15) is 0 Å². The van der Waals surface area contributed by atoms with Gasteiger partial charge < -0.3 is 5.32 Å². The van der Waals surface area contributed by atoms with E-state index in [1.807, 2.05) is 0 Å². The topological polar surface area (TPSA) is 16.6 Å². The molecule has 1 heteroatoms. The molecule has 0 aromatic carbocycles. The van der Waals surface area contributed by atoms with Gasteiger partial charge in [-0.25, -0.2) is 0 Å². The highest BCUT2D eigenvalue weighted by Gasteiger charge is 2.49. The Kier molecular flexibility index (Phi) is 5.99. The van der Waals surface area contributed by atoms with E-state index in [0.717, 1.165) is 0 Å². The molecule has 1 heterocycles. The summed E-state index contributed by atoms with van der Waals surface area (Å²) in [6, 6.07) is 0.